The molecule has 1 aromatic rings. The van der Waals surface area contributed by atoms with Gasteiger partial charge in [0.2, 0.25) is 5.91 Å². The molecule has 2 rings (SSSR count). The molecule has 0 radical (unpaired) electrons. The van der Waals surface area contributed by atoms with Gasteiger partial charge < -0.3 is 10.2 Å². The standard InChI is InChI=1S/C20H32N2O/c1-6-7-8-9-11-22-12-10-17-15(4)13-16(5)18(19(17)22)21-20(23)14(2)3/h13-14H,6-12H2,1-5H3,(H,21,23). The van der Waals surface area contributed by atoms with Gasteiger partial charge in [0.15, 0.2) is 0 Å². The summed E-state index contributed by atoms with van der Waals surface area (Å²) in [6.45, 7) is 12.6. The normalized spacial score (nSPS) is 13.6. The third-order valence-corrected chi connectivity index (χ3v) is 4.83. The van der Waals surface area contributed by atoms with Crippen LogP contribution in [0.4, 0.5) is 11.4 Å². The third-order valence-electron chi connectivity index (χ3n) is 4.83. The first-order valence-electron chi connectivity index (χ1n) is 9.14. The van der Waals surface area contributed by atoms with Crippen molar-refractivity contribution in [3.8, 4) is 0 Å². The number of hydrogen-bond donors (Lipinski definition) is 1. The molecule has 0 aliphatic carbocycles. The van der Waals surface area contributed by atoms with Crippen molar-refractivity contribution in [3.05, 3.63) is 22.8 Å². The van der Waals surface area contributed by atoms with Gasteiger partial charge >= 0.3 is 0 Å². The number of rotatable bonds is 7. The summed E-state index contributed by atoms with van der Waals surface area (Å²) in [7, 11) is 0. The number of benzene rings is 1. The minimum atomic E-state index is 0.00533. The fourth-order valence-electron chi connectivity index (χ4n) is 3.41. The van der Waals surface area contributed by atoms with Crippen molar-refractivity contribution in [1.82, 2.24) is 0 Å². The second-order valence-corrected chi connectivity index (χ2v) is 7.15. The predicted molar refractivity (Wildman–Crippen MR) is 99.4 cm³/mol. The molecule has 1 amide bonds. The lowest BCUT2D eigenvalue weighted by Crippen LogP contribution is -2.25. The van der Waals surface area contributed by atoms with Crippen molar-refractivity contribution >= 4 is 17.3 Å². The maximum Gasteiger partial charge on any atom is 0.226 e. The SMILES string of the molecule is CCCCCCN1CCc2c(C)cc(C)c(NC(=O)C(C)C)c21. The van der Waals surface area contributed by atoms with Crippen LogP contribution in [-0.4, -0.2) is 19.0 Å². The maximum absolute atomic E-state index is 12.2. The first-order chi connectivity index (χ1) is 11.0. The Morgan fingerprint density at radius 2 is 1.96 bits per heavy atom. The highest BCUT2D eigenvalue weighted by atomic mass is 16.1. The molecule has 1 aliphatic rings. The van der Waals surface area contributed by atoms with E-state index in [1.165, 1.54) is 48.1 Å². The second kappa shape index (κ2) is 7.85. The molecule has 0 saturated carbocycles. The monoisotopic (exact) mass is 316 g/mol. The Hall–Kier alpha value is -1.51. The van der Waals surface area contributed by atoms with Crippen LogP contribution in [0.3, 0.4) is 0 Å². The average molecular weight is 316 g/mol. The van der Waals surface area contributed by atoms with E-state index in [9.17, 15) is 4.79 Å². The molecule has 1 aromatic carbocycles. The number of carbonyl (C=O) groups excluding carboxylic acids is 1. The van der Waals surface area contributed by atoms with Crippen molar-refractivity contribution in [2.75, 3.05) is 23.3 Å². The van der Waals surface area contributed by atoms with Gasteiger partial charge in [-0.3, -0.25) is 4.79 Å². The molecule has 3 nitrogen and oxygen atoms in total. The number of aryl methyl sites for hydroxylation is 2. The summed E-state index contributed by atoms with van der Waals surface area (Å²) in [5.74, 6) is 0.114. The fraction of sp³-hybridized carbons (Fsp3) is 0.650. The van der Waals surface area contributed by atoms with Crippen molar-refractivity contribution in [3.63, 3.8) is 0 Å². The Morgan fingerprint density at radius 3 is 2.61 bits per heavy atom. The second-order valence-electron chi connectivity index (χ2n) is 7.15. The van der Waals surface area contributed by atoms with Crippen LogP contribution in [0.1, 0.15) is 63.1 Å². The third kappa shape index (κ3) is 4.07. The van der Waals surface area contributed by atoms with Crippen LogP contribution in [0.15, 0.2) is 6.07 Å². The van der Waals surface area contributed by atoms with Gasteiger partial charge in [-0.05, 0) is 43.4 Å². The van der Waals surface area contributed by atoms with Gasteiger partial charge in [0, 0.05) is 19.0 Å². The molecule has 0 fully saturated rings. The first kappa shape index (κ1) is 17.8. The van der Waals surface area contributed by atoms with Crippen LogP contribution in [-0.2, 0) is 11.2 Å². The van der Waals surface area contributed by atoms with E-state index in [2.05, 4.69) is 37.1 Å². The van der Waals surface area contributed by atoms with E-state index in [0.29, 0.717) is 0 Å². The Balaban J connectivity index is 2.26. The zero-order valence-corrected chi connectivity index (χ0v) is 15.5. The lowest BCUT2D eigenvalue weighted by atomic mass is 10.00. The quantitative estimate of drug-likeness (QED) is 0.730. The summed E-state index contributed by atoms with van der Waals surface area (Å²) in [6, 6.07) is 2.22. The summed E-state index contributed by atoms with van der Waals surface area (Å²) >= 11 is 0. The zero-order chi connectivity index (χ0) is 17.0. The minimum absolute atomic E-state index is 0.00533. The molecule has 23 heavy (non-hydrogen) atoms. The van der Waals surface area contributed by atoms with Gasteiger partial charge in [-0.15, -0.1) is 0 Å². The summed E-state index contributed by atoms with van der Waals surface area (Å²) in [5, 5.41) is 3.19. The Kier molecular flexibility index (Phi) is 6.09. The number of nitrogens with one attached hydrogen (secondary N) is 1. The number of anilines is 2. The molecule has 1 heterocycles. The van der Waals surface area contributed by atoms with Crippen LogP contribution in [0.2, 0.25) is 0 Å². The molecular formula is C20H32N2O. The van der Waals surface area contributed by atoms with Gasteiger partial charge in [-0.1, -0.05) is 46.1 Å². The van der Waals surface area contributed by atoms with E-state index in [4.69, 9.17) is 0 Å². The predicted octanol–water partition coefficient (Wildman–Crippen LogP) is 4.84. The van der Waals surface area contributed by atoms with E-state index < -0.39 is 0 Å². The average Bonchev–Trinajstić information content (AvgIpc) is 2.92. The Morgan fingerprint density at radius 1 is 1.22 bits per heavy atom. The summed E-state index contributed by atoms with van der Waals surface area (Å²) in [4.78, 5) is 14.7. The zero-order valence-electron chi connectivity index (χ0n) is 15.5. The number of nitrogens with zero attached hydrogens (tertiary/aromatic N) is 1. The summed E-state index contributed by atoms with van der Waals surface area (Å²) < 4.78 is 0. The molecule has 0 spiro atoms. The van der Waals surface area contributed by atoms with E-state index in [1.54, 1.807) is 0 Å². The number of hydrogen-bond acceptors (Lipinski definition) is 2. The highest BCUT2D eigenvalue weighted by Crippen LogP contribution is 2.40. The molecule has 3 heteroatoms. The van der Waals surface area contributed by atoms with Gasteiger partial charge in [0.25, 0.3) is 0 Å². The van der Waals surface area contributed by atoms with Crippen LogP contribution in [0.25, 0.3) is 0 Å². The summed E-state index contributed by atoms with van der Waals surface area (Å²) in [6.07, 6.45) is 6.20. The van der Waals surface area contributed by atoms with Crippen molar-refractivity contribution in [2.45, 2.75) is 66.7 Å². The van der Waals surface area contributed by atoms with E-state index in [-0.39, 0.29) is 11.8 Å². The molecule has 0 unspecified atom stereocenters. The van der Waals surface area contributed by atoms with Gasteiger partial charge in [0.05, 0.1) is 11.4 Å². The molecule has 0 bridgehead atoms. The summed E-state index contributed by atoms with van der Waals surface area (Å²) in [5.41, 5.74) is 6.28. The molecule has 1 N–H and O–H groups in total. The lowest BCUT2D eigenvalue weighted by molar-refractivity contribution is -0.118. The smallest absolute Gasteiger partial charge is 0.226 e. The minimum Gasteiger partial charge on any atom is -0.369 e. The molecule has 0 aromatic heterocycles. The van der Waals surface area contributed by atoms with Gasteiger partial charge in [-0.25, -0.2) is 0 Å². The first-order valence-corrected chi connectivity index (χ1v) is 9.14. The van der Waals surface area contributed by atoms with Crippen molar-refractivity contribution in [1.29, 1.82) is 0 Å². The van der Waals surface area contributed by atoms with Gasteiger partial charge in [0.1, 0.15) is 0 Å². The van der Waals surface area contributed by atoms with Crippen molar-refractivity contribution in [2.24, 2.45) is 5.92 Å². The molecule has 128 valence electrons. The van der Waals surface area contributed by atoms with Crippen LogP contribution < -0.4 is 10.2 Å². The fourth-order valence-corrected chi connectivity index (χ4v) is 3.41. The van der Waals surface area contributed by atoms with E-state index >= 15 is 0 Å². The molecule has 0 saturated heterocycles. The topological polar surface area (TPSA) is 32.3 Å². The van der Waals surface area contributed by atoms with Crippen molar-refractivity contribution < 1.29 is 4.79 Å². The molecular weight excluding hydrogens is 284 g/mol. The molecule has 1 aliphatic heterocycles. The van der Waals surface area contributed by atoms with Crippen LogP contribution >= 0.6 is 0 Å². The highest BCUT2D eigenvalue weighted by molar-refractivity contribution is 5.97. The Labute approximate surface area is 141 Å². The van der Waals surface area contributed by atoms with Crippen LogP contribution in [0, 0.1) is 19.8 Å². The maximum atomic E-state index is 12.2. The van der Waals surface area contributed by atoms with Gasteiger partial charge in [-0.2, -0.15) is 0 Å². The number of fused-ring (bicyclic) bond motifs is 1. The number of amides is 1. The largest absolute Gasteiger partial charge is 0.369 e. The van der Waals surface area contributed by atoms with Crippen LogP contribution in [0.5, 0.6) is 0 Å². The number of carbonyl (C=O) groups is 1. The highest BCUT2D eigenvalue weighted by Gasteiger charge is 2.26. The van der Waals surface area contributed by atoms with E-state index in [1.807, 2.05) is 13.8 Å². The Bertz CT molecular complexity index is 563. The molecule has 0 atom stereocenters. The lowest BCUT2D eigenvalue weighted by Gasteiger charge is -2.25. The number of unbranched alkanes of at least 4 members (excludes halogenated alkanes) is 3. The van der Waals surface area contributed by atoms with E-state index in [0.717, 1.165) is 25.2 Å².